The molecule has 1 aliphatic heterocycles. The number of aromatic nitrogens is 1. The fraction of sp³-hybridized carbons (Fsp3) is 0.636. The van der Waals surface area contributed by atoms with Crippen molar-refractivity contribution in [2.45, 2.75) is 39.2 Å². The minimum absolute atomic E-state index is 0.321. The molecular weight excluding hydrogens is 260 g/mol. The van der Waals surface area contributed by atoms with Crippen molar-refractivity contribution in [3.63, 3.8) is 0 Å². The molecule has 4 nitrogen and oxygen atoms in total. The maximum Gasteiger partial charge on any atom is 0.415 e. The van der Waals surface area contributed by atoms with E-state index in [-0.39, 0.29) is 6.09 Å². The van der Waals surface area contributed by atoms with Crippen molar-refractivity contribution in [3.8, 4) is 0 Å². The highest BCUT2D eigenvalue weighted by atomic mass is 35.5. The van der Waals surface area contributed by atoms with Gasteiger partial charge < -0.3 is 4.74 Å². The van der Waals surface area contributed by atoms with Crippen molar-refractivity contribution in [2.75, 3.05) is 11.4 Å². The first-order chi connectivity index (χ1) is 7.87. The minimum atomic E-state index is -0.483. The van der Waals surface area contributed by atoms with E-state index in [0.29, 0.717) is 11.0 Å². The Morgan fingerprint density at radius 2 is 2.24 bits per heavy atom. The summed E-state index contributed by atoms with van der Waals surface area (Å²) in [5, 5.41) is 0.829. The molecule has 1 aromatic rings. The molecule has 1 amide bonds. The van der Waals surface area contributed by atoms with Crippen LogP contribution in [0.1, 0.15) is 32.9 Å². The number of halogens is 1. The molecule has 0 saturated heterocycles. The third-order valence-electron chi connectivity index (χ3n) is 2.30. The Labute approximate surface area is 110 Å². The predicted molar refractivity (Wildman–Crippen MR) is 69.0 cm³/mol. The van der Waals surface area contributed by atoms with Gasteiger partial charge in [-0.1, -0.05) is 22.9 Å². The number of carbonyl (C=O) groups is 1. The highest BCUT2D eigenvalue weighted by Gasteiger charge is 2.29. The molecule has 1 aliphatic rings. The predicted octanol–water partition coefficient (Wildman–Crippen LogP) is 3.48. The lowest BCUT2D eigenvalue weighted by molar-refractivity contribution is 0.0579. The van der Waals surface area contributed by atoms with Crippen molar-refractivity contribution in [2.24, 2.45) is 0 Å². The highest BCUT2D eigenvalue weighted by molar-refractivity contribution is 7.19. The summed E-state index contributed by atoms with van der Waals surface area (Å²) >= 11 is 7.21. The van der Waals surface area contributed by atoms with Gasteiger partial charge in [-0.15, -0.1) is 0 Å². The fourth-order valence-corrected chi connectivity index (χ4v) is 2.86. The number of aryl methyl sites for hydroxylation is 1. The number of thiazole rings is 1. The molecule has 0 aliphatic carbocycles. The van der Waals surface area contributed by atoms with E-state index in [0.717, 1.165) is 23.5 Å². The van der Waals surface area contributed by atoms with Crippen LogP contribution in [0.4, 0.5) is 9.80 Å². The van der Waals surface area contributed by atoms with E-state index in [1.807, 2.05) is 20.8 Å². The Morgan fingerprint density at radius 1 is 1.53 bits per heavy atom. The largest absolute Gasteiger partial charge is 0.443 e. The Hall–Kier alpha value is -0.810. The van der Waals surface area contributed by atoms with Gasteiger partial charge in [-0.3, -0.25) is 4.90 Å². The molecule has 0 saturated carbocycles. The molecule has 0 aromatic carbocycles. The quantitative estimate of drug-likeness (QED) is 0.727. The summed E-state index contributed by atoms with van der Waals surface area (Å²) < 4.78 is 5.84. The van der Waals surface area contributed by atoms with Gasteiger partial charge in [0.1, 0.15) is 10.6 Å². The topological polar surface area (TPSA) is 42.4 Å². The lowest BCUT2D eigenvalue weighted by atomic mass is 10.1. The molecule has 2 rings (SSSR count). The van der Waals surface area contributed by atoms with Gasteiger partial charge in [0.25, 0.3) is 0 Å². The molecule has 0 bridgehead atoms. The van der Waals surface area contributed by atoms with Crippen molar-refractivity contribution in [1.82, 2.24) is 4.98 Å². The summed E-state index contributed by atoms with van der Waals surface area (Å²) in [6.07, 6.45) is 1.45. The zero-order valence-corrected chi connectivity index (χ0v) is 11.7. The molecule has 1 aromatic heterocycles. The van der Waals surface area contributed by atoms with Gasteiger partial charge in [0.05, 0.1) is 5.69 Å². The fourth-order valence-electron chi connectivity index (χ4n) is 1.69. The number of nitrogens with zero attached hydrogens (tertiary/aromatic N) is 2. The lowest BCUT2D eigenvalue weighted by Gasteiger charge is -2.29. The third-order valence-corrected chi connectivity index (χ3v) is 3.53. The molecule has 17 heavy (non-hydrogen) atoms. The van der Waals surface area contributed by atoms with E-state index >= 15 is 0 Å². The van der Waals surface area contributed by atoms with Crippen LogP contribution in [0, 0.1) is 0 Å². The standard InChI is InChI=1S/C11H15ClN2O2S/c1-11(2,3)16-10(15)14-6-4-5-7-8(14)17-9(12)13-7/h4-6H2,1-3H3. The number of rotatable bonds is 0. The average molecular weight is 275 g/mol. The molecule has 0 radical (unpaired) electrons. The van der Waals surface area contributed by atoms with Gasteiger partial charge >= 0.3 is 6.09 Å². The molecule has 0 unspecified atom stereocenters. The smallest absolute Gasteiger partial charge is 0.415 e. The normalized spacial score (nSPS) is 15.6. The van der Waals surface area contributed by atoms with Crippen LogP contribution in [-0.2, 0) is 11.2 Å². The summed E-state index contributed by atoms with van der Waals surface area (Å²) in [6, 6.07) is 0. The SMILES string of the molecule is CC(C)(C)OC(=O)N1CCCc2nc(Cl)sc21. The second-order valence-corrected chi connectivity index (χ2v) is 6.51. The first-order valence-corrected chi connectivity index (χ1v) is 6.72. The summed E-state index contributed by atoms with van der Waals surface area (Å²) in [5.74, 6) is 0. The maximum absolute atomic E-state index is 12.0. The Balaban J connectivity index is 2.21. The van der Waals surface area contributed by atoms with Crippen molar-refractivity contribution < 1.29 is 9.53 Å². The first-order valence-electron chi connectivity index (χ1n) is 5.52. The zero-order valence-electron chi connectivity index (χ0n) is 10.1. The number of anilines is 1. The molecular formula is C11H15ClN2O2S. The molecule has 0 fully saturated rings. The number of hydrogen-bond donors (Lipinski definition) is 0. The lowest BCUT2D eigenvalue weighted by Crippen LogP contribution is -2.39. The molecule has 0 N–H and O–H groups in total. The first kappa shape index (κ1) is 12.6. The number of carbonyl (C=O) groups excluding carboxylic acids is 1. The van der Waals surface area contributed by atoms with Gasteiger partial charge in [-0.05, 0) is 33.6 Å². The Bertz CT molecular complexity index is 439. The van der Waals surface area contributed by atoms with Crippen LogP contribution >= 0.6 is 22.9 Å². The monoisotopic (exact) mass is 274 g/mol. The third kappa shape index (κ3) is 2.90. The summed E-state index contributed by atoms with van der Waals surface area (Å²) in [7, 11) is 0. The Kier molecular flexibility index (Phi) is 3.32. The van der Waals surface area contributed by atoms with Gasteiger partial charge in [-0.2, -0.15) is 0 Å². The average Bonchev–Trinajstić information content (AvgIpc) is 2.54. The van der Waals surface area contributed by atoms with E-state index in [9.17, 15) is 4.79 Å². The van der Waals surface area contributed by atoms with E-state index < -0.39 is 5.60 Å². The maximum atomic E-state index is 12.0. The zero-order chi connectivity index (χ0) is 12.6. The van der Waals surface area contributed by atoms with Gasteiger partial charge in [-0.25, -0.2) is 9.78 Å². The van der Waals surface area contributed by atoms with Crippen molar-refractivity contribution in [1.29, 1.82) is 0 Å². The second kappa shape index (κ2) is 4.46. The second-order valence-electron chi connectivity index (χ2n) is 4.95. The van der Waals surface area contributed by atoms with Crippen molar-refractivity contribution >= 4 is 34.0 Å². The molecule has 0 spiro atoms. The minimum Gasteiger partial charge on any atom is -0.443 e. The van der Waals surface area contributed by atoms with Crippen LogP contribution in [0.15, 0.2) is 0 Å². The molecule has 0 atom stereocenters. The summed E-state index contributed by atoms with van der Waals surface area (Å²) in [6.45, 7) is 6.24. The van der Waals surface area contributed by atoms with Crippen LogP contribution < -0.4 is 4.90 Å². The number of amides is 1. The number of fused-ring (bicyclic) bond motifs is 1. The van der Waals surface area contributed by atoms with E-state index in [4.69, 9.17) is 16.3 Å². The van der Waals surface area contributed by atoms with Crippen LogP contribution in [0.25, 0.3) is 0 Å². The van der Waals surface area contributed by atoms with Crippen LogP contribution in [0.3, 0.4) is 0 Å². The summed E-state index contributed by atoms with van der Waals surface area (Å²) in [5.41, 5.74) is 0.417. The van der Waals surface area contributed by atoms with E-state index in [2.05, 4.69) is 4.98 Å². The van der Waals surface area contributed by atoms with E-state index in [1.165, 1.54) is 11.3 Å². The van der Waals surface area contributed by atoms with E-state index in [1.54, 1.807) is 4.90 Å². The number of ether oxygens (including phenoxy) is 1. The van der Waals surface area contributed by atoms with Gasteiger partial charge in [0.2, 0.25) is 0 Å². The molecule has 6 heteroatoms. The van der Waals surface area contributed by atoms with Gasteiger partial charge in [0, 0.05) is 6.54 Å². The van der Waals surface area contributed by atoms with Crippen LogP contribution in [0.2, 0.25) is 4.47 Å². The van der Waals surface area contributed by atoms with Crippen LogP contribution in [0.5, 0.6) is 0 Å². The molecule has 2 heterocycles. The highest BCUT2D eigenvalue weighted by Crippen LogP contribution is 2.36. The Morgan fingerprint density at radius 3 is 2.88 bits per heavy atom. The van der Waals surface area contributed by atoms with Crippen molar-refractivity contribution in [3.05, 3.63) is 10.2 Å². The van der Waals surface area contributed by atoms with Crippen LogP contribution in [-0.4, -0.2) is 23.2 Å². The molecule has 94 valence electrons. The number of hydrogen-bond acceptors (Lipinski definition) is 4. The van der Waals surface area contributed by atoms with Gasteiger partial charge in [0.15, 0.2) is 4.47 Å². The summed E-state index contributed by atoms with van der Waals surface area (Å²) in [4.78, 5) is 17.9.